The zero-order valence-electron chi connectivity index (χ0n) is 9.38. The summed E-state index contributed by atoms with van der Waals surface area (Å²) in [6.07, 6.45) is 1.67. The molecule has 0 fully saturated rings. The first-order valence-corrected chi connectivity index (χ1v) is 5.14. The molecule has 1 amide bonds. The summed E-state index contributed by atoms with van der Waals surface area (Å²) in [6, 6.07) is -0.366. The van der Waals surface area contributed by atoms with Crippen LogP contribution >= 0.6 is 0 Å². The lowest BCUT2D eigenvalue weighted by Gasteiger charge is -2.14. The van der Waals surface area contributed by atoms with E-state index in [2.05, 4.69) is 5.32 Å². The van der Waals surface area contributed by atoms with E-state index in [0.29, 0.717) is 19.1 Å². The molecule has 0 aliphatic rings. The van der Waals surface area contributed by atoms with Gasteiger partial charge in [-0.05, 0) is 12.3 Å². The van der Waals surface area contributed by atoms with Crippen molar-refractivity contribution in [2.75, 3.05) is 20.3 Å². The van der Waals surface area contributed by atoms with Crippen molar-refractivity contribution in [2.24, 2.45) is 11.7 Å². The molecule has 14 heavy (non-hydrogen) atoms. The van der Waals surface area contributed by atoms with Crippen molar-refractivity contribution in [2.45, 2.75) is 32.7 Å². The molecule has 0 bridgehead atoms. The van der Waals surface area contributed by atoms with Crippen LogP contribution < -0.4 is 11.1 Å². The van der Waals surface area contributed by atoms with Gasteiger partial charge in [-0.3, -0.25) is 4.79 Å². The quantitative estimate of drug-likeness (QED) is 0.632. The first-order valence-electron chi connectivity index (χ1n) is 5.14. The minimum absolute atomic E-state index is 0.0604. The van der Waals surface area contributed by atoms with Gasteiger partial charge in [0.05, 0.1) is 12.6 Å². The SMILES string of the molecule is CCCC(N)C(=O)NCC(C)COC. The van der Waals surface area contributed by atoms with Gasteiger partial charge in [0.25, 0.3) is 0 Å². The largest absolute Gasteiger partial charge is 0.384 e. The van der Waals surface area contributed by atoms with E-state index >= 15 is 0 Å². The Morgan fingerprint density at radius 1 is 1.57 bits per heavy atom. The summed E-state index contributed by atoms with van der Waals surface area (Å²) in [5.74, 6) is 0.271. The molecule has 0 aromatic carbocycles. The predicted molar refractivity (Wildman–Crippen MR) is 56.9 cm³/mol. The van der Waals surface area contributed by atoms with E-state index < -0.39 is 0 Å². The Hall–Kier alpha value is -0.610. The molecule has 0 heterocycles. The monoisotopic (exact) mass is 202 g/mol. The van der Waals surface area contributed by atoms with E-state index in [1.165, 1.54) is 0 Å². The van der Waals surface area contributed by atoms with Crippen LogP contribution in [0.1, 0.15) is 26.7 Å². The maximum Gasteiger partial charge on any atom is 0.236 e. The first kappa shape index (κ1) is 13.4. The van der Waals surface area contributed by atoms with Gasteiger partial charge in [0, 0.05) is 13.7 Å². The van der Waals surface area contributed by atoms with Gasteiger partial charge in [0.1, 0.15) is 0 Å². The van der Waals surface area contributed by atoms with Crippen molar-refractivity contribution >= 4 is 5.91 Å². The second-order valence-corrected chi connectivity index (χ2v) is 3.70. The van der Waals surface area contributed by atoms with E-state index in [-0.39, 0.29) is 11.9 Å². The molecule has 0 radical (unpaired) electrons. The van der Waals surface area contributed by atoms with Crippen molar-refractivity contribution < 1.29 is 9.53 Å². The number of nitrogens with two attached hydrogens (primary N) is 1. The highest BCUT2D eigenvalue weighted by Crippen LogP contribution is 1.95. The first-order chi connectivity index (χ1) is 6.61. The van der Waals surface area contributed by atoms with Crippen LogP contribution in [0.4, 0.5) is 0 Å². The van der Waals surface area contributed by atoms with Gasteiger partial charge in [-0.1, -0.05) is 20.3 Å². The highest BCUT2D eigenvalue weighted by atomic mass is 16.5. The van der Waals surface area contributed by atoms with Crippen molar-refractivity contribution in [3.8, 4) is 0 Å². The highest BCUT2D eigenvalue weighted by Gasteiger charge is 2.12. The lowest BCUT2D eigenvalue weighted by molar-refractivity contribution is -0.122. The van der Waals surface area contributed by atoms with Crippen LogP contribution in [-0.4, -0.2) is 32.2 Å². The lowest BCUT2D eigenvalue weighted by atomic mass is 10.1. The van der Waals surface area contributed by atoms with E-state index in [1.54, 1.807) is 7.11 Å². The van der Waals surface area contributed by atoms with Gasteiger partial charge < -0.3 is 15.8 Å². The molecule has 3 N–H and O–H groups in total. The number of methoxy groups -OCH3 is 1. The second-order valence-electron chi connectivity index (χ2n) is 3.70. The molecule has 0 spiro atoms. The number of carbonyl (C=O) groups excluding carboxylic acids is 1. The molecule has 2 unspecified atom stereocenters. The van der Waals surface area contributed by atoms with Crippen LogP contribution in [0, 0.1) is 5.92 Å². The number of nitrogens with one attached hydrogen (secondary N) is 1. The highest BCUT2D eigenvalue weighted by molar-refractivity contribution is 5.81. The Bertz CT molecular complexity index is 162. The summed E-state index contributed by atoms with van der Waals surface area (Å²) in [4.78, 5) is 11.4. The van der Waals surface area contributed by atoms with E-state index in [9.17, 15) is 4.79 Å². The van der Waals surface area contributed by atoms with Gasteiger partial charge in [-0.25, -0.2) is 0 Å². The van der Waals surface area contributed by atoms with Crippen LogP contribution in [0.3, 0.4) is 0 Å². The Balaban J connectivity index is 3.61. The number of carbonyl (C=O) groups is 1. The molecule has 0 aliphatic carbocycles. The Kier molecular flexibility index (Phi) is 7.42. The molecular formula is C10H22N2O2. The predicted octanol–water partition coefficient (Wildman–Crippen LogP) is 0.513. The number of rotatable bonds is 7. The molecular weight excluding hydrogens is 180 g/mol. The van der Waals surface area contributed by atoms with Crippen molar-refractivity contribution in [3.05, 3.63) is 0 Å². The van der Waals surface area contributed by atoms with Crippen LogP contribution in [0.2, 0.25) is 0 Å². The van der Waals surface area contributed by atoms with Crippen LogP contribution in [0.15, 0.2) is 0 Å². The van der Waals surface area contributed by atoms with Gasteiger partial charge in [0.2, 0.25) is 5.91 Å². The van der Waals surface area contributed by atoms with E-state index in [4.69, 9.17) is 10.5 Å². The van der Waals surface area contributed by atoms with Crippen LogP contribution in [0.25, 0.3) is 0 Å². The molecule has 0 aromatic heterocycles. The average molecular weight is 202 g/mol. The summed E-state index contributed by atoms with van der Waals surface area (Å²) in [6.45, 7) is 5.32. The number of hydrogen-bond donors (Lipinski definition) is 2. The minimum atomic E-state index is -0.366. The molecule has 0 saturated carbocycles. The summed E-state index contributed by atoms with van der Waals surface area (Å²) in [5.41, 5.74) is 5.64. The molecule has 2 atom stereocenters. The molecule has 4 nitrogen and oxygen atoms in total. The summed E-state index contributed by atoms with van der Waals surface area (Å²) in [7, 11) is 1.65. The van der Waals surface area contributed by atoms with Crippen molar-refractivity contribution in [1.82, 2.24) is 5.32 Å². The van der Waals surface area contributed by atoms with Crippen LogP contribution in [0.5, 0.6) is 0 Å². The molecule has 0 rings (SSSR count). The standard InChI is InChI=1S/C10H22N2O2/c1-4-5-9(11)10(13)12-6-8(2)7-14-3/h8-9H,4-7,11H2,1-3H3,(H,12,13). The summed E-state index contributed by atoms with van der Waals surface area (Å²) >= 11 is 0. The van der Waals surface area contributed by atoms with Crippen molar-refractivity contribution in [1.29, 1.82) is 0 Å². The number of ether oxygens (including phenoxy) is 1. The van der Waals surface area contributed by atoms with Gasteiger partial charge in [-0.15, -0.1) is 0 Å². The number of hydrogen-bond acceptors (Lipinski definition) is 3. The third-order valence-corrected chi connectivity index (χ3v) is 2.01. The minimum Gasteiger partial charge on any atom is -0.384 e. The maximum absolute atomic E-state index is 11.4. The topological polar surface area (TPSA) is 64.4 Å². The molecule has 0 aromatic rings. The zero-order chi connectivity index (χ0) is 11.0. The average Bonchev–Trinajstić information content (AvgIpc) is 2.15. The fourth-order valence-electron chi connectivity index (χ4n) is 1.19. The molecule has 4 heteroatoms. The zero-order valence-corrected chi connectivity index (χ0v) is 9.38. The van der Waals surface area contributed by atoms with Gasteiger partial charge in [-0.2, -0.15) is 0 Å². The smallest absolute Gasteiger partial charge is 0.236 e. The normalized spacial score (nSPS) is 14.9. The van der Waals surface area contributed by atoms with Crippen molar-refractivity contribution in [3.63, 3.8) is 0 Å². The van der Waals surface area contributed by atoms with E-state index in [0.717, 1.165) is 12.8 Å². The lowest BCUT2D eigenvalue weighted by Crippen LogP contribution is -2.42. The van der Waals surface area contributed by atoms with Gasteiger partial charge >= 0.3 is 0 Å². The fraction of sp³-hybridized carbons (Fsp3) is 0.900. The Morgan fingerprint density at radius 3 is 2.71 bits per heavy atom. The van der Waals surface area contributed by atoms with E-state index in [1.807, 2.05) is 13.8 Å². The maximum atomic E-state index is 11.4. The third kappa shape index (κ3) is 5.94. The molecule has 0 saturated heterocycles. The third-order valence-electron chi connectivity index (χ3n) is 2.01. The van der Waals surface area contributed by atoms with Crippen LogP contribution in [-0.2, 0) is 9.53 Å². The number of amides is 1. The molecule has 84 valence electrons. The fourth-order valence-corrected chi connectivity index (χ4v) is 1.19. The molecule has 0 aliphatic heterocycles. The second kappa shape index (κ2) is 7.76. The summed E-state index contributed by atoms with van der Waals surface area (Å²) in [5, 5.41) is 2.81. The Labute approximate surface area is 86.2 Å². The summed E-state index contributed by atoms with van der Waals surface area (Å²) < 4.78 is 4.96. The van der Waals surface area contributed by atoms with Gasteiger partial charge in [0.15, 0.2) is 0 Å². The Morgan fingerprint density at radius 2 is 2.21 bits per heavy atom.